The first kappa shape index (κ1) is 16.1. The summed E-state index contributed by atoms with van der Waals surface area (Å²) in [5.74, 6) is -0.646. The van der Waals surface area contributed by atoms with Gasteiger partial charge in [0, 0.05) is 22.6 Å². The lowest BCUT2D eigenvalue weighted by molar-refractivity contribution is -0.136. The molecule has 1 aliphatic heterocycles. The van der Waals surface area contributed by atoms with E-state index in [1.54, 1.807) is 23.1 Å². The van der Waals surface area contributed by atoms with Crippen LogP contribution in [0.1, 0.15) is 25.3 Å². The smallest absolute Gasteiger partial charge is 0.227 e. The van der Waals surface area contributed by atoms with Crippen LogP contribution in [0.5, 0.6) is 0 Å². The number of primary amides is 1. The fourth-order valence-corrected chi connectivity index (χ4v) is 3.09. The van der Waals surface area contributed by atoms with Crippen LogP contribution in [0.2, 0.25) is 10.0 Å². The van der Waals surface area contributed by atoms with Crippen LogP contribution in [0.4, 0.5) is 0 Å². The minimum atomic E-state index is -0.343. The van der Waals surface area contributed by atoms with Crippen molar-refractivity contribution >= 4 is 35.0 Å². The number of rotatable bonds is 3. The van der Waals surface area contributed by atoms with Crippen molar-refractivity contribution < 1.29 is 9.59 Å². The first-order valence-electron chi connectivity index (χ1n) is 6.91. The zero-order valence-corrected chi connectivity index (χ0v) is 13.3. The van der Waals surface area contributed by atoms with Crippen LogP contribution in [0.15, 0.2) is 18.2 Å². The van der Waals surface area contributed by atoms with Gasteiger partial charge in [-0.3, -0.25) is 9.59 Å². The minimum Gasteiger partial charge on any atom is -0.369 e. The summed E-state index contributed by atoms with van der Waals surface area (Å²) in [6.45, 7) is 2.37. The van der Waals surface area contributed by atoms with Crippen molar-refractivity contribution in [1.29, 1.82) is 0 Å². The van der Waals surface area contributed by atoms with Crippen LogP contribution in [0, 0.1) is 5.92 Å². The molecule has 0 bridgehead atoms. The van der Waals surface area contributed by atoms with Gasteiger partial charge >= 0.3 is 0 Å². The number of nitrogens with two attached hydrogens (primary N) is 1. The van der Waals surface area contributed by atoms with Gasteiger partial charge in [0.05, 0.1) is 12.3 Å². The van der Waals surface area contributed by atoms with E-state index in [1.807, 2.05) is 6.92 Å². The SMILES string of the molecule is C[C@H]1CC[C@@H](C(N)=O)CN1C(=O)Cc1ccc(Cl)cc1Cl. The van der Waals surface area contributed by atoms with Gasteiger partial charge in [-0.25, -0.2) is 0 Å². The summed E-state index contributed by atoms with van der Waals surface area (Å²) in [6, 6.07) is 5.20. The molecule has 0 aromatic heterocycles. The Kier molecular flexibility index (Phi) is 5.12. The average Bonchev–Trinajstić information content (AvgIpc) is 2.42. The van der Waals surface area contributed by atoms with E-state index in [0.717, 1.165) is 18.4 Å². The van der Waals surface area contributed by atoms with Crippen LogP contribution in [0.25, 0.3) is 0 Å². The summed E-state index contributed by atoms with van der Waals surface area (Å²) in [7, 11) is 0. The number of piperidine rings is 1. The Bertz CT molecular complexity index is 563. The Morgan fingerprint density at radius 3 is 2.67 bits per heavy atom. The number of halogens is 2. The fraction of sp³-hybridized carbons (Fsp3) is 0.467. The molecular formula is C15H18Cl2N2O2. The van der Waals surface area contributed by atoms with E-state index in [4.69, 9.17) is 28.9 Å². The topological polar surface area (TPSA) is 63.4 Å². The molecule has 1 aromatic rings. The van der Waals surface area contributed by atoms with E-state index in [2.05, 4.69) is 0 Å². The number of amides is 2. The highest BCUT2D eigenvalue weighted by atomic mass is 35.5. The van der Waals surface area contributed by atoms with Crippen molar-refractivity contribution in [1.82, 2.24) is 4.90 Å². The standard InChI is InChI=1S/C15H18Cl2N2O2/c1-9-2-3-11(15(18)21)8-19(9)14(20)6-10-4-5-12(16)7-13(10)17/h4-5,7,9,11H,2-3,6,8H2,1H3,(H2,18,21)/t9-,11+/m0/s1. The summed E-state index contributed by atoms with van der Waals surface area (Å²) >= 11 is 11.9. The normalized spacial score (nSPS) is 22.1. The van der Waals surface area contributed by atoms with Crippen LogP contribution in [-0.4, -0.2) is 29.3 Å². The molecule has 2 amide bonds. The number of likely N-dealkylation sites (tertiary alicyclic amines) is 1. The third-order valence-corrected chi connectivity index (χ3v) is 4.55. The van der Waals surface area contributed by atoms with Crippen molar-refractivity contribution in [2.75, 3.05) is 6.54 Å². The monoisotopic (exact) mass is 328 g/mol. The van der Waals surface area contributed by atoms with Gasteiger partial charge in [0.1, 0.15) is 0 Å². The zero-order valence-electron chi connectivity index (χ0n) is 11.8. The second-order valence-corrected chi connectivity index (χ2v) is 6.33. The largest absolute Gasteiger partial charge is 0.369 e. The van der Waals surface area contributed by atoms with Gasteiger partial charge in [0.15, 0.2) is 0 Å². The van der Waals surface area contributed by atoms with Crippen LogP contribution in [0.3, 0.4) is 0 Å². The molecular weight excluding hydrogens is 311 g/mol. The first-order chi connectivity index (χ1) is 9.88. The molecule has 2 atom stereocenters. The highest BCUT2D eigenvalue weighted by molar-refractivity contribution is 6.35. The third-order valence-electron chi connectivity index (χ3n) is 3.96. The van der Waals surface area contributed by atoms with Gasteiger partial charge in [-0.15, -0.1) is 0 Å². The molecule has 1 fully saturated rings. The second-order valence-electron chi connectivity index (χ2n) is 5.48. The van der Waals surface area contributed by atoms with Gasteiger partial charge in [0.2, 0.25) is 11.8 Å². The maximum Gasteiger partial charge on any atom is 0.227 e. The van der Waals surface area contributed by atoms with E-state index >= 15 is 0 Å². The van der Waals surface area contributed by atoms with Gasteiger partial charge in [0.25, 0.3) is 0 Å². The molecule has 21 heavy (non-hydrogen) atoms. The van der Waals surface area contributed by atoms with Crippen molar-refractivity contribution in [2.45, 2.75) is 32.2 Å². The van der Waals surface area contributed by atoms with E-state index < -0.39 is 0 Å². The molecule has 2 rings (SSSR count). The number of carbonyl (C=O) groups excluding carboxylic acids is 2. The Morgan fingerprint density at radius 2 is 2.05 bits per heavy atom. The number of nitrogens with zero attached hydrogens (tertiary/aromatic N) is 1. The van der Waals surface area contributed by atoms with E-state index in [-0.39, 0.29) is 30.2 Å². The van der Waals surface area contributed by atoms with Crippen LogP contribution in [-0.2, 0) is 16.0 Å². The number of benzene rings is 1. The lowest BCUT2D eigenvalue weighted by Gasteiger charge is -2.37. The van der Waals surface area contributed by atoms with Crippen molar-refractivity contribution in [3.05, 3.63) is 33.8 Å². The summed E-state index contributed by atoms with van der Waals surface area (Å²) < 4.78 is 0. The molecule has 2 N–H and O–H groups in total. The summed E-state index contributed by atoms with van der Waals surface area (Å²) in [6.07, 6.45) is 1.72. The quantitative estimate of drug-likeness (QED) is 0.927. The predicted molar refractivity (Wildman–Crippen MR) is 83.3 cm³/mol. The summed E-state index contributed by atoms with van der Waals surface area (Å²) in [5, 5.41) is 1.02. The molecule has 114 valence electrons. The Balaban J connectivity index is 2.09. The number of hydrogen-bond acceptors (Lipinski definition) is 2. The molecule has 6 heteroatoms. The first-order valence-corrected chi connectivity index (χ1v) is 7.66. The third kappa shape index (κ3) is 3.89. The van der Waals surface area contributed by atoms with E-state index in [1.165, 1.54) is 0 Å². The van der Waals surface area contributed by atoms with Crippen molar-refractivity contribution in [3.8, 4) is 0 Å². The molecule has 4 nitrogen and oxygen atoms in total. The predicted octanol–water partition coefficient (Wildman–Crippen LogP) is 2.65. The van der Waals surface area contributed by atoms with Gasteiger partial charge in [-0.2, -0.15) is 0 Å². The molecule has 1 aromatic carbocycles. The molecule has 1 saturated heterocycles. The van der Waals surface area contributed by atoms with Crippen molar-refractivity contribution in [3.63, 3.8) is 0 Å². The molecule has 0 radical (unpaired) electrons. The maximum absolute atomic E-state index is 12.5. The van der Waals surface area contributed by atoms with E-state index in [9.17, 15) is 9.59 Å². The molecule has 1 aliphatic rings. The lowest BCUT2D eigenvalue weighted by atomic mass is 9.92. The molecule has 1 heterocycles. The molecule has 0 saturated carbocycles. The highest BCUT2D eigenvalue weighted by Crippen LogP contribution is 2.25. The summed E-state index contributed by atoms with van der Waals surface area (Å²) in [4.78, 5) is 25.5. The van der Waals surface area contributed by atoms with Crippen LogP contribution < -0.4 is 5.73 Å². The Morgan fingerprint density at radius 1 is 1.33 bits per heavy atom. The second kappa shape index (κ2) is 6.67. The van der Waals surface area contributed by atoms with E-state index in [0.29, 0.717) is 16.6 Å². The maximum atomic E-state index is 12.5. The Labute approximate surface area is 134 Å². The van der Waals surface area contributed by atoms with Gasteiger partial charge in [-0.05, 0) is 37.5 Å². The zero-order chi connectivity index (χ0) is 15.6. The van der Waals surface area contributed by atoms with Gasteiger partial charge in [-0.1, -0.05) is 29.3 Å². The fourth-order valence-electron chi connectivity index (χ4n) is 2.62. The average molecular weight is 329 g/mol. The molecule has 0 unspecified atom stereocenters. The minimum absolute atomic E-state index is 0.0438. The van der Waals surface area contributed by atoms with Crippen LogP contribution >= 0.6 is 23.2 Å². The highest BCUT2D eigenvalue weighted by Gasteiger charge is 2.31. The Hall–Kier alpha value is -1.26. The summed E-state index contributed by atoms with van der Waals surface area (Å²) in [5.41, 5.74) is 6.09. The number of hydrogen-bond donors (Lipinski definition) is 1. The molecule has 0 spiro atoms. The van der Waals surface area contributed by atoms with Crippen molar-refractivity contribution in [2.24, 2.45) is 11.7 Å². The number of carbonyl (C=O) groups is 2. The lowest BCUT2D eigenvalue weighted by Crippen LogP contribution is -2.49. The van der Waals surface area contributed by atoms with Gasteiger partial charge < -0.3 is 10.6 Å². The molecule has 0 aliphatic carbocycles.